The molecule has 0 aliphatic heterocycles. The Bertz CT molecular complexity index is 759. The molecule has 0 heterocycles. The molecule has 0 bridgehead atoms. The summed E-state index contributed by atoms with van der Waals surface area (Å²) >= 11 is 0. The number of carboxylic acid groups (broad SMARTS) is 1. The van der Waals surface area contributed by atoms with Crippen molar-refractivity contribution in [3.8, 4) is 0 Å². The van der Waals surface area contributed by atoms with E-state index in [-0.39, 0.29) is 24.2 Å². The van der Waals surface area contributed by atoms with Crippen LogP contribution in [-0.4, -0.2) is 59.6 Å². The molecule has 0 unspecified atom stereocenters. The number of hydrogen-bond acceptors (Lipinski definition) is 7. The summed E-state index contributed by atoms with van der Waals surface area (Å²) < 4.78 is 15.7. The van der Waals surface area contributed by atoms with Crippen molar-refractivity contribution in [3.63, 3.8) is 0 Å². The highest BCUT2D eigenvalue weighted by Gasteiger charge is 2.22. The molecule has 0 fully saturated rings. The fraction of sp³-hybridized carbons (Fsp3) is 0.524. The van der Waals surface area contributed by atoms with Crippen molar-refractivity contribution in [1.29, 1.82) is 0 Å². The van der Waals surface area contributed by atoms with Gasteiger partial charge in [-0.3, -0.25) is 0 Å². The predicted octanol–water partition coefficient (Wildman–Crippen LogP) is 2.96. The van der Waals surface area contributed by atoms with Gasteiger partial charge in [-0.15, -0.1) is 0 Å². The molecule has 0 radical (unpaired) electrons. The van der Waals surface area contributed by atoms with Crippen LogP contribution in [0.1, 0.15) is 62.3 Å². The van der Waals surface area contributed by atoms with E-state index in [9.17, 15) is 19.2 Å². The maximum Gasteiger partial charge on any atom is 0.407 e. The molecule has 0 aliphatic carbocycles. The van der Waals surface area contributed by atoms with Crippen LogP contribution >= 0.6 is 0 Å². The minimum atomic E-state index is -1.12. The first-order chi connectivity index (χ1) is 14.2. The van der Waals surface area contributed by atoms with E-state index < -0.39 is 41.4 Å². The van der Waals surface area contributed by atoms with Crippen molar-refractivity contribution in [3.05, 3.63) is 35.4 Å². The van der Waals surface area contributed by atoms with Gasteiger partial charge in [0.2, 0.25) is 0 Å². The summed E-state index contributed by atoms with van der Waals surface area (Å²) in [6, 6.07) is 5.16. The fourth-order valence-electron chi connectivity index (χ4n) is 2.15. The molecule has 0 aliphatic rings. The van der Waals surface area contributed by atoms with Crippen molar-refractivity contribution in [2.24, 2.45) is 0 Å². The van der Waals surface area contributed by atoms with Gasteiger partial charge in [-0.05, 0) is 65.8 Å². The summed E-state index contributed by atoms with van der Waals surface area (Å²) in [4.78, 5) is 47.2. The van der Waals surface area contributed by atoms with E-state index in [0.717, 1.165) is 0 Å². The number of carbonyl (C=O) groups is 4. The molecule has 10 nitrogen and oxygen atoms in total. The molecule has 0 saturated carbocycles. The third-order valence-corrected chi connectivity index (χ3v) is 3.39. The number of rotatable bonds is 7. The monoisotopic (exact) mass is 438 g/mol. The van der Waals surface area contributed by atoms with E-state index >= 15 is 0 Å². The quantitative estimate of drug-likeness (QED) is 0.436. The number of benzene rings is 1. The molecular weight excluding hydrogens is 408 g/mol. The van der Waals surface area contributed by atoms with E-state index in [4.69, 9.17) is 19.3 Å². The second kappa shape index (κ2) is 10.6. The molecule has 172 valence electrons. The average Bonchev–Trinajstić information content (AvgIpc) is 2.61. The van der Waals surface area contributed by atoms with Crippen LogP contribution in [0.25, 0.3) is 0 Å². The van der Waals surface area contributed by atoms with Gasteiger partial charge >= 0.3 is 24.1 Å². The molecule has 1 aromatic rings. The average molecular weight is 438 g/mol. The highest BCUT2D eigenvalue weighted by molar-refractivity contribution is 5.92. The number of aromatic carboxylic acids is 1. The lowest BCUT2D eigenvalue weighted by atomic mass is 10.1. The van der Waals surface area contributed by atoms with Crippen molar-refractivity contribution in [2.75, 3.05) is 13.1 Å². The Hall–Kier alpha value is -3.30. The Morgan fingerprint density at radius 3 is 1.55 bits per heavy atom. The first-order valence-electron chi connectivity index (χ1n) is 9.64. The van der Waals surface area contributed by atoms with Gasteiger partial charge in [-0.1, -0.05) is 0 Å². The standard InChI is InChI=1S/C21H30N2O8/c1-20(2,3)30-18(27)22-11-15(12-23-19(28)31-21(4,5)6)29-17(26)14-9-7-13(8-10-14)16(24)25/h7-10,15H,11-12H2,1-6H3,(H,22,27)(H,23,28)(H,24,25). The zero-order valence-electron chi connectivity index (χ0n) is 18.6. The maximum atomic E-state index is 12.4. The van der Waals surface area contributed by atoms with Gasteiger partial charge in [0.05, 0.1) is 24.2 Å². The first kappa shape index (κ1) is 25.7. The third-order valence-electron chi connectivity index (χ3n) is 3.39. The summed E-state index contributed by atoms with van der Waals surface area (Å²) in [5.74, 6) is -1.88. The normalized spacial score (nSPS) is 11.5. The first-order valence-corrected chi connectivity index (χ1v) is 9.64. The van der Waals surface area contributed by atoms with Crippen LogP contribution in [0.4, 0.5) is 9.59 Å². The van der Waals surface area contributed by atoms with Gasteiger partial charge < -0.3 is 30.0 Å². The highest BCUT2D eigenvalue weighted by Crippen LogP contribution is 2.10. The zero-order chi connectivity index (χ0) is 23.8. The second-order valence-electron chi connectivity index (χ2n) is 8.68. The number of carbonyl (C=O) groups excluding carboxylic acids is 3. The Balaban J connectivity index is 2.80. The Morgan fingerprint density at radius 1 is 0.806 bits per heavy atom. The molecular formula is C21H30N2O8. The lowest BCUT2D eigenvalue weighted by Gasteiger charge is -2.23. The molecule has 0 atom stereocenters. The molecule has 0 spiro atoms. The van der Waals surface area contributed by atoms with Gasteiger partial charge in [-0.2, -0.15) is 0 Å². The van der Waals surface area contributed by atoms with E-state index in [1.165, 1.54) is 24.3 Å². The van der Waals surface area contributed by atoms with E-state index in [1.807, 2.05) is 0 Å². The molecule has 2 amide bonds. The lowest BCUT2D eigenvalue weighted by Crippen LogP contribution is -2.44. The molecule has 1 aromatic carbocycles. The SMILES string of the molecule is CC(C)(C)OC(=O)NCC(CNC(=O)OC(C)(C)C)OC(=O)c1ccc(C(=O)O)cc1. The van der Waals surface area contributed by atoms with Gasteiger partial charge in [0.25, 0.3) is 0 Å². The van der Waals surface area contributed by atoms with Gasteiger partial charge in [-0.25, -0.2) is 19.2 Å². The van der Waals surface area contributed by atoms with E-state index in [0.29, 0.717) is 0 Å². The summed E-state index contributed by atoms with van der Waals surface area (Å²) in [6.45, 7) is 9.95. The van der Waals surface area contributed by atoms with E-state index in [2.05, 4.69) is 10.6 Å². The van der Waals surface area contributed by atoms with Crippen molar-refractivity contribution < 1.29 is 38.5 Å². The van der Waals surface area contributed by atoms with Crippen LogP contribution in [0.15, 0.2) is 24.3 Å². The number of carboxylic acids is 1. The summed E-state index contributed by atoms with van der Waals surface area (Å²) in [5, 5.41) is 13.9. The van der Waals surface area contributed by atoms with Crippen molar-refractivity contribution in [2.45, 2.75) is 58.8 Å². The zero-order valence-corrected chi connectivity index (χ0v) is 18.6. The third kappa shape index (κ3) is 10.9. The van der Waals surface area contributed by atoms with Crippen molar-refractivity contribution in [1.82, 2.24) is 10.6 Å². The Labute approximate surface area is 181 Å². The maximum absolute atomic E-state index is 12.4. The predicted molar refractivity (Wildman–Crippen MR) is 111 cm³/mol. The fourth-order valence-corrected chi connectivity index (χ4v) is 2.15. The minimum absolute atomic E-state index is 0.0197. The van der Waals surface area contributed by atoms with Crippen LogP contribution in [0.3, 0.4) is 0 Å². The van der Waals surface area contributed by atoms with Crippen LogP contribution < -0.4 is 10.6 Å². The smallest absolute Gasteiger partial charge is 0.407 e. The highest BCUT2D eigenvalue weighted by atomic mass is 16.6. The Morgan fingerprint density at radius 2 is 1.19 bits per heavy atom. The number of esters is 1. The van der Waals surface area contributed by atoms with Gasteiger partial charge in [0, 0.05) is 0 Å². The van der Waals surface area contributed by atoms with Gasteiger partial charge in [0.1, 0.15) is 17.3 Å². The Kier molecular flexibility index (Phi) is 8.84. The van der Waals surface area contributed by atoms with E-state index in [1.54, 1.807) is 41.5 Å². The molecule has 0 aromatic heterocycles. The second-order valence-corrected chi connectivity index (χ2v) is 8.68. The summed E-state index contributed by atoms with van der Waals surface area (Å²) in [5.41, 5.74) is -1.29. The van der Waals surface area contributed by atoms with Crippen molar-refractivity contribution >= 4 is 24.1 Å². The number of amides is 2. The number of alkyl carbamates (subject to hydrolysis) is 2. The number of hydrogen-bond donors (Lipinski definition) is 3. The van der Waals surface area contributed by atoms with Gasteiger partial charge in [0.15, 0.2) is 0 Å². The van der Waals surface area contributed by atoms with Crippen LogP contribution in [0, 0.1) is 0 Å². The molecule has 3 N–H and O–H groups in total. The number of nitrogens with one attached hydrogen (secondary N) is 2. The molecule has 10 heteroatoms. The number of ether oxygens (including phenoxy) is 3. The molecule has 31 heavy (non-hydrogen) atoms. The molecule has 0 saturated heterocycles. The topological polar surface area (TPSA) is 140 Å². The largest absolute Gasteiger partial charge is 0.478 e. The lowest BCUT2D eigenvalue weighted by molar-refractivity contribution is 0.0221. The van der Waals surface area contributed by atoms with Crippen LogP contribution in [-0.2, 0) is 14.2 Å². The summed E-state index contributed by atoms with van der Waals surface area (Å²) in [6.07, 6.45) is -2.36. The van der Waals surface area contributed by atoms with Crippen LogP contribution in [0.5, 0.6) is 0 Å². The van der Waals surface area contributed by atoms with Crippen LogP contribution in [0.2, 0.25) is 0 Å². The molecule has 1 rings (SSSR count). The summed E-state index contributed by atoms with van der Waals surface area (Å²) in [7, 11) is 0. The minimum Gasteiger partial charge on any atom is -0.478 e.